The molecule has 0 saturated heterocycles. The Morgan fingerprint density at radius 1 is 1.42 bits per heavy atom. The predicted octanol–water partition coefficient (Wildman–Crippen LogP) is 1.71. The van der Waals surface area contributed by atoms with Crippen LogP contribution < -0.4 is 10.5 Å². The lowest BCUT2D eigenvalue weighted by molar-refractivity contribution is 0.385. The number of methoxy groups -OCH3 is 1. The van der Waals surface area contributed by atoms with Gasteiger partial charge in [-0.3, -0.25) is 0 Å². The summed E-state index contributed by atoms with van der Waals surface area (Å²) in [7, 11) is 3.29. The fourth-order valence-electron chi connectivity index (χ4n) is 1.62. The van der Waals surface area contributed by atoms with E-state index in [1.54, 1.807) is 18.2 Å². The van der Waals surface area contributed by atoms with E-state index < -0.39 is 0 Å². The number of ether oxygens (including phenoxy) is 1. The quantitative estimate of drug-likeness (QED) is 0.846. The lowest BCUT2D eigenvalue weighted by Gasteiger charge is -2.07. The van der Waals surface area contributed by atoms with Crippen molar-refractivity contribution in [2.45, 2.75) is 17.5 Å². The normalized spacial score (nSPS) is 10.7. The van der Waals surface area contributed by atoms with Gasteiger partial charge in [0.05, 0.1) is 13.7 Å². The summed E-state index contributed by atoms with van der Waals surface area (Å²) in [6, 6.07) is 5.09. The first-order valence-corrected chi connectivity index (χ1v) is 6.68. The van der Waals surface area contributed by atoms with Crippen LogP contribution in [-0.2, 0) is 19.3 Å². The van der Waals surface area contributed by atoms with Gasteiger partial charge in [0.1, 0.15) is 5.82 Å². The monoisotopic (exact) mass is 282 g/mol. The largest absolute Gasteiger partial charge is 0.494 e. The molecule has 0 aliphatic rings. The third-order valence-electron chi connectivity index (χ3n) is 2.73. The van der Waals surface area contributed by atoms with Gasteiger partial charge < -0.3 is 15.0 Å². The highest BCUT2D eigenvalue weighted by atomic mass is 32.2. The topological polar surface area (TPSA) is 66.0 Å². The van der Waals surface area contributed by atoms with Gasteiger partial charge in [-0.2, -0.15) is 0 Å². The first-order valence-electron chi connectivity index (χ1n) is 5.70. The van der Waals surface area contributed by atoms with Crippen molar-refractivity contribution in [2.75, 3.05) is 7.11 Å². The zero-order valence-corrected chi connectivity index (χ0v) is 11.6. The summed E-state index contributed by atoms with van der Waals surface area (Å²) < 4.78 is 20.7. The molecule has 0 bridgehead atoms. The Morgan fingerprint density at radius 2 is 2.21 bits per heavy atom. The van der Waals surface area contributed by atoms with Gasteiger partial charge in [-0.25, -0.2) is 4.39 Å². The Labute approximate surface area is 115 Å². The zero-order valence-electron chi connectivity index (χ0n) is 10.8. The maximum atomic E-state index is 13.9. The number of halogens is 1. The molecule has 0 aliphatic heterocycles. The average molecular weight is 282 g/mol. The fraction of sp³-hybridized carbons (Fsp3) is 0.333. The van der Waals surface area contributed by atoms with Crippen LogP contribution in [0.3, 0.4) is 0 Å². The molecular weight excluding hydrogens is 267 g/mol. The van der Waals surface area contributed by atoms with Crippen molar-refractivity contribution in [2.24, 2.45) is 12.8 Å². The molecule has 0 saturated carbocycles. The van der Waals surface area contributed by atoms with Crippen LogP contribution in [0.5, 0.6) is 5.75 Å². The van der Waals surface area contributed by atoms with Crippen molar-refractivity contribution >= 4 is 11.8 Å². The second-order valence-corrected chi connectivity index (χ2v) is 4.83. The summed E-state index contributed by atoms with van der Waals surface area (Å²) in [4.78, 5) is 0. The smallest absolute Gasteiger partial charge is 0.191 e. The first-order chi connectivity index (χ1) is 9.17. The Morgan fingerprint density at radius 3 is 2.84 bits per heavy atom. The maximum Gasteiger partial charge on any atom is 0.191 e. The van der Waals surface area contributed by atoms with Crippen molar-refractivity contribution in [3.05, 3.63) is 35.4 Å². The second-order valence-electron chi connectivity index (χ2n) is 3.88. The summed E-state index contributed by atoms with van der Waals surface area (Å²) >= 11 is 1.41. The molecule has 102 valence electrons. The highest BCUT2D eigenvalue weighted by Gasteiger charge is 2.12. The molecule has 1 aromatic carbocycles. The Bertz CT molecular complexity index is 573. The Kier molecular flexibility index (Phi) is 4.39. The number of aromatic nitrogens is 3. The van der Waals surface area contributed by atoms with Gasteiger partial charge >= 0.3 is 0 Å². The Hall–Kier alpha value is -1.60. The average Bonchev–Trinajstić information content (AvgIpc) is 2.78. The van der Waals surface area contributed by atoms with E-state index in [1.807, 2.05) is 11.6 Å². The molecule has 5 nitrogen and oxygen atoms in total. The Balaban J connectivity index is 2.12. The van der Waals surface area contributed by atoms with E-state index in [1.165, 1.54) is 18.9 Å². The van der Waals surface area contributed by atoms with Gasteiger partial charge in [0.25, 0.3) is 0 Å². The molecule has 19 heavy (non-hydrogen) atoms. The van der Waals surface area contributed by atoms with E-state index >= 15 is 0 Å². The maximum absolute atomic E-state index is 13.9. The van der Waals surface area contributed by atoms with Gasteiger partial charge in [0.15, 0.2) is 16.7 Å². The summed E-state index contributed by atoms with van der Waals surface area (Å²) in [5.74, 6) is 1.07. The third kappa shape index (κ3) is 2.87. The number of thioether (sulfide) groups is 1. The van der Waals surface area contributed by atoms with Crippen LogP contribution in [0, 0.1) is 5.82 Å². The number of nitrogens with zero attached hydrogens (tertiary/aromatic N) is 3. The molecule has 0 amide bonds. The van der Waals surface area contributed by atoms with E-state index in [-0.39, 0.29) is 11.6 Å². The third-order valence-corrected chi connectivity index (χ3v) is 3.80. The van der Waals surface area contributed by atoms with Crippen LogP contribution in [0.1, 0.15) is 11.4 Å². The van der Waals surface area contributed by atoms with Gasteiger partial charge in [0.2, 0.25) is 0 Å². The summed E-state index contributed by atoms with van der Waals surface area (Å²) in [6.45, 7) is 0.331. The standard InChI is InChI=1S/C12H15FN4OS/c1-17-10(6-14)15-16-12(17)19-7-8-4-3-5-9(18-2)11(8)13/h3-5H,6-7,14H2,1-2H3. The lowest BCUT2D eigenvalue weighted by atomic mass is 10.2. The molecule has 0 atom stereocenters. The number of benzene rings is 1. The van der Waals surface area contributed by atoms with E-state index in [0.717, 1.165) is 0 Å². The summed E-state index contributed by atoms with van der Waals surface area (Å²) in [6.07, 6.45) is 0. The molecule has 1 aromatic heterocycles. The second kappa shape index (κ2) is 6.03. The minimum absolute atomic E-state index is 0.249. The summed E-state index contributed by atoms with van der Waals surface area (Å²) in [5.41, 5.74) is 6.10. The van der Waals surface area contributed by atoms with Crippen molar-refractivity contribution in [3.8, 4) is 5.75 Å². The molecule has 2 aromatic rings. The highest BCUT2D eigenvalue weighted by molar-refractivity contribution is 7.98. The molecule has 2 rings (SSSR count). The summed E-state index contributed by atoms with van der Waals surface area (Å²) in [5, 5.41) is 8.68. The molecule has 0 radical (unpaired) electrons. The van der Waals surface area contributed by atoms with E-state index in [9.17, 15) is 4.39 Å². The van der Waals surface area contributed by atoms with Crippen LogP contribution in [0.4, 0.5) is 4.39 Å². The van der Waals surface area contributed by atoms with Gasteiger partial charge in [-0.1, -0.05) is 23.9 Å². The molecule has 7 heteroatoms. The number of rotatable bonds is 5. The highest BCUT2D eigenvalue weighted by Crippen LogP contribution is 2.26. The molecule has 0 unspecified atom stereocenters. The lowest BCUT2D eigenvalue weighted by Crippen LogP contribution is -2.05. The molecule has 0 spiro atoms. The molecular formula is C12H15FN4OS. The minimum Gasteiger partial charge on any atom is -0.494 e. The van der Waals surface area contributed by atoms with Crippen LogP contribution in [-0.4, -0.2) is 21.9 Å². The SMILES string of the molecule is COc1cccc(CSc2nnc(CN)n2C)c1F. The van der Waals surface area contributed by atoms with Crippen LogP contribution in [0.15, 0.2) is 23.4 Å². The minimum atomic E-state index is -0.335. The van der Waals surface area contributed by atoms with E-state index in [0.29, 0.717) is 28.8 Å². The van der Waals surface area contributed by atoms with Crippen molar-refractivity contribution in [3.63, 3.8) is 0 Å². The van der Waals surface area contributed by atoms with Gasteiger partial charge in [-0.15, -0.1) is 10.2 Å². The number of hydrogen-bond acceptors (Lipinski definition) is 5. The zero-order chi connectivity index (χ0) is 13.8. The van der Waals surface area contributed by atoms with Crippen LogP contribution in [0.2, 0.25) is 0 Å². The van der Waals surface area contributed by atoms with Crippen LogP contribution >= 0.6 is 11.8 Å². The molecule has 0 fully saturated rings. The van der Waals surface area contributed by atoms with Crippen LogP contribution in [0.25, 0.3) is 0 Å². The van der Waals surface area contributed by atoms with E-state index in [4.69, 9.17) is 10.5 Å². The number of nitrogens with two attached hydrogens (primary N) is 1. The first kappa shape index (κ1) is 13.8. The molecule has 1 heterocycles. The van der Waals surface area contributed by atoms with E-state index in [2.05, 4.69) is 10.2 Å². The van der Waals surface area contributed by atoms with Gasteiger partial charge in [0, 0.05) is 18.4 Å². The molecule has 0 aliphatic carbocycles. The van der Waals surface area contributed by atoms with Gasteiger partial charge in [-0.05, 0) is 6.07 Å². The molecule has 2 N–H and O–H groups in total. The van der Waals surface area contributed by atoms with Crippen molar-refractivity contribution < 1.29 is 9.13 Å². The van der Waals surface area contributed by atoms with Crippen molar-refractivity contribution in [1.29, 1.82) is 0 Å². The fourth-order valence-corrected chi connectivity index (χ4v) is 2.52. The van der Waals surface area contributed by atoms with Crippen molar-refractivity contribution in [1.82, 2.24) is 14.8 Å². The number of hydrogen-bond donors (Lipinski definition) is 1. The predicted molar refractivity (Wildman–Crippen MR) is 71.4 cm³/mol.